The topological polar surface area (TPSA) is 83.9 Å². The van der Waals surface area contributed by atoms with E-state index in [0.717, 1.165) is 6.42 Å². The Morgan fingerprint density at radius 1 is 1.32 bits per heavy atom. The summed E-state index contributed by atoms with van der Waals surface area (Å²) in [7, 11) is 2.90. The average molecular weight is 271 g/mol. The molecule has 1 unspecified atom stereocenters. The van der Waals surface area contributed by atoms with Gasteiger partial charge in [-0.3, -0.25) is 14.4 Å². The Bertz CT molecular complexity index is 368. The van der Waals surface area contributed by atoms with Crippen molar-refractivity contribution in [2.75, 3.05) is 20.7 Å². The minimum absolute atomic E-state index is 0.194. The van der Waals surface area contributed by atoms with Gasteiger partial charge in [0, 0.05) is 13.6 Å². The number of carboxylic acids is 1. The number of amides is 1. The lowest BCUT2D eigenvalue weighted by molar-refractivity contribution is -0.150. The fourth-order valence-corrected chi connectivity index (χ4v) is 2.61. The van der Waals surface area contributed by atoms with Crippen molar-refractivity contribution in [2.24, 2.45) is 17.8 Å². The van der Waals surface area contributed by atoms with Gasteiger partial charge in [0.15, 0.2) is 0 Å². The standard InChI is InChI=1S/C13H21NO5/c1-8(13(18)19-3)7-14(2)11(15)9-5-4-6-10(9)12(16)17/h8-10H,4-7H2,1-3H3,(H,16,17)/t8?,9-,10+/m1/s1. The van der Waals surface area contributed by atoms with E-state index < -0.39 is 23.7 Å². The van der Waals surface area contributed by atoms with Gasteiger partial charge in [0.25, 0.3) is 0 Å². The van der Waals surface area contributed by atoms with E-state index in [0.29, 0.717) is 12.8 Å². The van der Waals surface area contributed by atoms with Crippen LogP contribution in [0.4, 0.5) is 0 Å². The second-order valence-electron chi connectivity index (χ2n) is 5.13. The molecule has 1 amide bonds. The van der Waals surface area contributed by atoms with Crippen LogP contribution in [0.25, 0.3) is 0 Å². The van der Waals surface area contributed by atoms with Gasteiger partial charge in [0.1, 0.15) is 0 Å². The Balaban J connectivity index is 2.61. The van der Waals surface area contributed by atoms with Crippen LogP contribution in [0, 0.1) is 17.8 Å². The fraction of sp³-hybridized carbons (Fsp3) is 0.769. The molecular formula is C13H21NO5. The van der Waals surface area contributed by atoms with Crippen LogP contribution < -0.4 is 0 Å². The van der Waals surface area contributed by atoms with E-state index >= 15 is 0 Å². The molecule has 0 radical (unpaired) electrons. The lowest BCUT2D eigenvalue weighted by Crippen LogP contribution is -2.40. The second kappa shape index (κ2) is 6.54. The first-order valence-corrected chi connectivity index (χ1v) is 6.44. The molecule has 1 fully saturated rings. The van der Waals surface area contributed by atoms with E-state index in [-0.39, 0.29) is 18.4 Å². The van der Waals surface area contributed by atoms with Crippen molar-refractivity contribution < 1.29 is 24.2 Å². The lowest BCUT2D eigenvalue weighted by Gasteiger charge is -2.25. The molecule has 6 nitrogen and oxygen atoms in total. The number of hydrogen-bond acceptors (Lipinski definition) is 4. The summed E-state index contributed by atoms with van der Waals surface area (Å²) in [5.41, 5.74) is 0. The van der Waals surface area contributed by atoms with Crippen molar-refractivity contribution in [3.8, 4) is 0 Å². The van der Waals surface area contributed by atoms with Crippen molar-refractivity contribution in [1.29, 1.82) is 0 Å². The number of carboxylic acid groups (broad SMARTS) is 1. The Morgan fingerprint density at radius 3 is 2.42 bits per heavy atom. The number of ether oxygens (including phenoxy) is 1. The molecule has 0 spiro atoms. The van der Waals surface area contributed by atoms with E-state index in [1.54, 1.807) is 14.0 Å². The van der Waals surface area contributed by atoms with Crippen LogP contribution in [0.2, 0.25) is 0 Å². The number of nitrogens with zero attached hydrogens (tertiary/aromatic N) is 1. The zero-order valence-electron chi connectivity index (χ0n) is 11.6. The Hall–Kier alpha value is -1.59. The summed E-state index contributed by atoms with van der Waals surface area (Å²) in [5, 5.41) is 9.08. The predicted molar refractivity (Wildman–Crippen MR) is 67.3 cm³/mol. The van der Waals surface area contributed by atoms with Gasteiger partial charge in [-0.05, 0) is 12.8 Å². The minimum Gasteiger partial charge on any atom is -0.481 e. The highest BCUT2D eigenvalue weighted by molar-refractivity contribution is 5.85. The van der Waals surface area contributed by atoms with Crippen molar-refractivity contribution in [1.82, 2.24) is 4.90 Å². The lowest BCUT2D eigenvalue weighted by atomic mass is 9.94. The van der Waals surface area contributed by atoms with Gasteiger partial charge in [-0.1, -0.05) is 13.3 Å². The third kappa shape index (κ3) is 3.68. The SMILES string of the molecule is COC(=O)C(C)CN(C)C(=O)[C@@H]1CCC[C@@H]1C(=O)O. The van der Waals surface area contributed by atoms with Gasteiger partial charge >= 0.3 is 11.9 Å². The Kier molecular flexibility index (Phi) is 5.32. The molecule has 19 heavy (non-hydrogen) atoms. The van der Waals surface area contributed by atoms with E-state index in [1.165, 1.54) is 12.0 Å². The van der Waals surface area contributed by atoms with Crippen LogP contribution in [0.15, 0.2) is 0 Å². The molecule has 1 aliphatic carbocycles. The first-order valence-electron chi connectivity index (χ1n) is 6.44. The number of aliphatic carboxylic acids is 1. The highest BCUT2D eigenvalue weighted by Crippen LogP contribution is 2.33. The number of carbonyl (C=O) groups excluding carboxylic acids is 2. The molecule has 0 heterocycles. The smallest absolute Gasteiger partial charge is 0.310 e. The number of carbonyl (C=O) groups is 3. The second-order valence-corrected chi connectivity index (χ2v) is 5.13. The van der Waals surface area contributed by atoms with Gasteiger partial charge in [0.05, 0.1) is 24.9 Å². The van der Waals surface area contributed by atoms with Crippen LogP contribution >= 0.6 is 0 Å². The minimum atomic E-state index is -0.912. The van der Waals surface area contributed by atoms with Crippen molar-refractivity contribution >= 4 is 17.8 Å². The third-order valence-electron chi connectivity index (χ3n) is 3.68. The summed E-state index contributed by atoms with van der Waals surface area (Å²) >= 11 is 0. The molecule has 0 aromatic rings. The third-order valence-corrected chi connectivity index (χ3v) is 3.68. The van der Waals surface area contributed by atoms with E-state index in [9.17, 15) is 14.4 Å². The maximum atomic E-state index is 12.2. The molecule has 3 atom stereocenters. The first kappa shape index (κ1) is 15.5. The molecule has 0 aliphatic heterocycles. The number of rotatable bonds is 5. The van der Waals surface area contributed by atoms with Crippen LogP contribution in [0.5, 0.6) is 0 Å². The molecule has 1 saturated carbocycles. The Labute approximate surface area is 112 Å². The molecule has 0 aromatic heterocycles. The molecule has 0 bridgehead atoms. The number of methoxy groups -OCH3 is 1. The van der Waals surface area contributed by atoms with Crippen LogP contribution in [-0.2, 0) is 19.1 Å². The summed E-state index contributed by atoms with van der Waals surface area (Å²) < 4.78 is 4.61. The zero-order chi connectivity index (χ0) is 14.6. The summed E-state index contributed by atoms with van der Waals surface area (Å²) in [5.74, 6) is -2.95. The highest BCUT2D eigenvalue weighted by atomic mass is 16.5. The molecule has 1 N–H and O–H groups in total. The number of esters is 1. The Morgan fingerprint density at radius 2 is 1.89 bits per heavy atom. The largest absolute Gasteiger partial charge is 0.481 e. The first-order chi connectivity index (χ1) is 8.88. The predicted octanol–water partition coefficient (Wildman–Crippen LogP) is 0.755. The van der Waals surface area contributed by atoms with E-state index in [1.807, 2.05) is 0 Å². The molecule has 1 rings (SSSR count). The zero-order valence-corrected chi connectivity index (χ0v) is 11.6. The molecule has 1 aliphatic rings. The van der Waals surface area contributed by atoms with Gasteiger partial charge in [-0.25, -0.2) is 0 Å². The maximum Gasteiger partial charge on any atom is 0.310 e. The molecule has 0 aromatic carbocycles. The van der Waals surface area contributed by atoms with Crippen molar-refractivity contribution in [2.45, 2.75) is 26.2 Å². The normalized spacial score (nSPS) is 23.7. The monoisotopic (exact) mass is 271 g/mol. The van der Waals surface area contributed by atoms with Crippen LogP contribution in [0.1, 0.15) is 26.2 Å². The van der Waals surface area contributed by atoms with Crippen LogP contribution in [-0.4, -0.2) is 48.6 Å². The molecular weight excluding hydrogens is 250 g/mol. The van der Waals surface area contributed by atoms with Gasteiger partial charge in [0.2, 0.25) is 5.91 Å². The molecule has 6 heteroatoms. The summed E-state index contributed by atoms with van der Waals surface area (Å²) in [6, 6.07) is 0. The maximum absolute atomic E-state index is 12.2. The summed E-state index contributed by atoms with van der Waals surface area (Å²) in [6.07, 6.45) is 1.91. The van der Waals surface area contributed by atoms with Crippen molar-refractivity contribution in [3.05, 3.63) is 0 Å². The van der Waals surface area contributed by atoms with E-state index in [2.05, 4.69) is 4.74 Å². The van der Waals surface area contributed by atoms with Gasteiger partial charge < -0.3 is 14.7 Å². The summed E-state index contributed by atoms with van der Waals surface area (Å²) in [4.78, 5) is 36.0. The summed E-state index contributed by atoms with van der Waals surface area (Å²) in [6.45, 7) is 1.92. The fourth-order valence-electron chi connectivity index (χ4n) is 2.61. The average Bonchev–Trinajstić information content (AvgIpc) is 2.85. The van der Waals surface area contributed by atoms with Gasteiger partial charge in [-0.2, -0.15) is 0 Å². The number of hydrogen-bond donors (Lipinski definition) is 1. The van der Waals surface area contributed by atoms with Crippen LogP contribution in [0.3, 0.4) is 0 Å². The van der Waals surface area contributed by atoms with Gasteiger partial charge in [-0.15, -0.1) is 0 Å². The molecule has 108 valence electrons. The molecule has 0 saturated heterocycles. The van der Waals surface area contributed by atoms with Crippen molar-refractivity contribution in [3.63, 3.8) is 0 Å². The van der Waals surface area contributed by atoms with E-state index in [4.69, 9.17) is 5.11 Å². The quantitative estimate of drug-likeness (QED) is 0.746. The highest BCUT2D eigenvalue weighted by Gasteiger charge is 2.39.